The van der Waals surface area contributed by atoms with E-state index in [1.807, 2.05) is 13.8 Å². The number of hydrogen-bond donors (Lipinski definition) is 0. The van der Waals surface area contributed by atoms with Gasteiger partial charge in [0.25, 0.3) is 35.4 Å². The number of unbranched alkanes of at least 4 members (excludes halogenated alkanes) is 4. The van der Waals surface area contributed by atoms with Crippen LogP contribution in [0.15, 0.2) is 12.1 Å². The van der Waals surface area contributed by atoms with Crippen molar-refractivity contribution < 1.29 is 28.7 Å². The highest BCUT2D eigenvalue weighted by Crippen LogP contribution is 2.43. The highest BCUT2D eigenvalue weighted by atomic mass is 16.5. The van der Waals surface area contributed by atoms with Crippen LogP contribution in [0, 0.1) is 0 Å². The summed E-state index contributed by atoms with van der Waals surface area (Å²) in [6.45, 7) is 4.59. The van der Waals surface area contributed by atoms with Crippen LogP contribution < -0.4 is 9.47 Å². The van der Waals surface area contributed by atoms with Gasteiger partial charge in [0.15, 0.2) is 0 Å². The quantitative estimate of drug-likeness (QED) is 0.220. The SMILES string of the molecule is CCCCCN1C(=O)c2ccc3c4c(c5nc(OC)c(OC)nc5c(c24)C1=O)C(=O)N(CCCCC)C3=O. The van der Waals surface area contributed by atoms with Gasteiger partial charge in [0.05, 0.1) is 25.3 Å². The third kappa shape index (κ3) is 3.69. The number of fused-ring (bicyclic) bond motifs is 3. The molecule has 38 heavy (non-hydrogen) atoms. The average molecular weight is 519 g/mol. The molecule has 198 valence electrons. The first-order chi connectivity index (χ1) is 18.4. The molecule has 0 radical (unpaired) electrons. The molecular formula is C28H30N4O6. The Balaban J connectivity index is 1.86. The fraction of sp³-hybridized carbons (Fsp3) is 0.429. The average Bonchev–Trinajstić information content (AvgIpc) is 2.92. The molecule has 0 bridgehead atoms. The topological polar surface area (TPSA) is 119 Å². The first-order valence-electron chi connectivity index (χ1n) is 13.0. The number of imide groups is 2. The first kappa shape index (κ1) is 25.6. The standard InChI is InChI=1S/C28H30N4O6/c1-5-7-9-13-31-25(33)15-11-12-16-18-17(15)19(27(31)35)21-22(30-24(38-4)23(29-21)37-3)20(18)28(36)32(26(16)34)14-10-8-6-2/h11-12H,5-10,13-14H2,1-4H3. The van der Waals surface area contributed by atoms with Crippen LogP contribution in [0.1, 0.15) is 93.8 Å². The Bertz CT molecular complexity index is 1400. The normalized spacial score (nSPS) is 14.7. The van der Waals surface area contributed by atoms with Gasteiger partial charge in [0, 0.05) is 35.0 Å². The van der Waals surface area contributed by atoms with Gasteiger partial charge in [-0.2, -0.15) is 0 Å². The molecule has 0 atom stereocenters. The van der Waals surface area contributed by atoms with Crippen molar-refractivity contribution in [2.45, 2.75) is 52.4 Å². The second-order valence-corrected chi connectivity index (χ2v) is 9.54. The van der Waals surface area contributed by atoms with Gasteiger partial charge in [-0.1, -0.05) is 39.5 Å². The van der Waals surface area contributed by atoms with Crippen LogP contribution >= 0.6 is 0 Å². The summed E-state index contributed by atoms with van der Waals surface area (Å²) in [4.78, 5) is 66.4. The zero-order chi connectivity index (χ0) is 27.1. The van der Waals surface area contributed by atoms with E-state index in [1.54, 1.807) is 12.1 Å². The minimum Gasteiger partial charge on any atom is -0.477 e. The van der Waals surface area contributed by atoms with Gasteiger partial charge >= 0.3 is 0 Å². The Morgan fingerprint density at radius 1 is 0.632 bits per heavy atom. The van der Waals surface area contributed by atoms with Crippen molar-refractivity contribution in [3.8, 4) is 11.8 Å². The maximum absolute atomic E-state index is 13.9. The number of carbonyl (C=O) groups excluding carboxylic acids is 4. The molecule has 1 aromatic heterocycles. The van der Waals surface area contributed by atoms with Gasteiger partial charge < -0.3 is 9.47 Å². The predicted octanol–water partition coefficient (Wildman–Crippen LogP) is 4.37. The lowest BCUT2D eigenvalue weighted by molar-refractivity contribution is 0.0588. The number of hydrogen-bond acceptors (Lipinski definition) is 8. The Hall–Kier alpha value is -4.08. The molecule has 0 unspecified atom stereocenters. The van der Waals surface area contributed by atoms with Crippen molar-refractivity contribution >= 4 is 45.4 Å². The van der Waals surface area contributed by atoms with E-state index in [2.05, 4.69) is 9.97 Å². The van der Waals surface area contributed by atoms with Crippen LogP contribution in [-0.2, 0) is 0 Å². The van der Waals surface area contributed by atoms with E-state index < -0.39 is 23.6 Å². The fourth-order valence-electron chi connectivity index (χ4n) is 5.34. The molecule has 5 rings (SSSR count). The summed E-state index contributed by atoms with van der Waals surface area (Å²) in [6.07, 6.45) is 4.90. The number of aromatic nitrogens is 2. The summed E-state index contributed by atoms with van der Waals surface area (Å²) in [5.74, 6) is -1.87. The number of nitrogens with zero attached hydrogens (tertiary/aromatic N) is 4. The van der Waals surface area contributed by atoms with Gasteiger partial charge in [-0.05, 0) is 25.0 Å². The molecule has 3 aromatic rings. The molecule has 10 heteroatoms. The van der Waals surface area contributed by atoms with E-state index in [-0.39, 0.29) is 68.9 Å². The third-order valence-electron chi connectivity index (χ3n) is 7.24. The number of rotatable bonds is 10. The van der Waals surface area contributed by atoms with E-state index in [4.69, 9.17) is 9.47 Å². The first-order valence-corrected chi connectivity index (χ1v) is 13.0. The highest BCUT2D eigenvalue weighted by molar-refractivity contribution is 6.38. The van der Waals surface area contributed by atoms with E-state index in [0.717, 1.165) is 25.7 Å². The van der Waals surface area contributed by atoms with Crippen LogP contribution in [0.4, 0.5) is 0 Å². The Morgan fingerprint density at radius 2 is 1.03 bits per heavy atom. The van der Waals surface area contributed by atoms with Crippen LogP contribution in [0.2, 0.25) is 0 Å². The Labute approximate surface area is 219 Å². The van der Waals surface area contributed by atoms with Crippen molar-refractivity contribution in [1.82, 2.24) is 19.8 Å². The monoisotopic (exact) mass is 518 g/mol. The Kier molecular flexibility index (Phi) is 6.73. The largest absolute Gasteiger partial charge is 0.477 e. The molecule has 2 aromatic carbocycles. The molecule has 2 aliphatic rings. The van der Waals surface area contributed by atoms with Crippen molar-refractivity contribution in [2.24, 2.45) is 0 Å². The molecule has 10 nitrogen and oxygen atoms in total. The van der Waals surface area contributed by atoms with Gasteiger partial charge in [0.2, 0.25) is 0 Å². The van der Waals surface area contributed by atoms with E-state index in [9.17, 15) is 19.2 Å². The van der Waals surface area contributed by atoms with Gasteiger partial charge in [-0.3, -0.25) is 29.0 Å². The van der Waals surface area contributed by atoms with E-state index >= 15 is 0 Å². The molecule has 0 saturated carbocycles. The summed E-state index contributed by atoms with van der Waals surface area (Å²) in [7, 11) is 2.81. The van der Waals surface area contributed by atoms with Crippen LogP contribution in [0.5, 0.6) is 11.8 Å². The lowest BCUT2D eigenvalue weighted by Crippen LogP contribution is -2.44. The van der Waals surface area contributed by atoms with Crippen LogP contribution in [0.25, 0.3) is 21.8 Å². The molecule has 0 saturated heterocycles. The van der Waals surface area contributed by atoms with Crippen molar-refractivity contribution in [1.29, 1.82) is 0 Å². The van der Waals surface area contributed by atoms with Crippen molar-refractivity contribution in [3.05, 3.63) is 34.4 Å². The second-order valence-electron chi connectivity index (χ2n) is 9.54. The van der Waals surface area contributed by atoms with Gasteiger partial charge in [-0.15, -0.1) is 0 Å². The van der Waals surface area contributed by atoms with Crippen molar-refractivity contribution in [2.75, 3.05) is 27.3 Å². The van der Waals surface area contributed by atoms with Crippen molar-refractivity contribution in [3.63, 3.8) is 0 Å². The molecular weight excluding hydrogens is 488 g/mol. The molecule has 2 aliphatic heterocycles. The smallest absolute Gasteiger partial charge is 0.278 e. The van der Waals surface area contributed by atoms with Crippen LogP contribution in [-0.4, -0.2) is 70.7 Å². The minimum absolute atomic E-state index is 0.0434. The number of methoxy groups -OCH3 is 2. The van der Waals surface area contributed by atoms with Gasteiger partial charge in [-0.25, -0.2) is 9.97 Å². The number of ether oxygens (including phenoxy) is 2. The lowest BCUT2D eigenvalue weighted by Gasteiger charge is -2.32. The summed E-state index contributed by atoms with van der Waals surface area (Å²) < 4.78 is 10.7. The summed E-state index contributed by atoms with van der Waals surface area (Å²) in [6, 6.07) is 3.15. The molecule has 0 aliphatic carbocycles. The number of benzene rings is 2. The molecule has 0 spiro atoms. The summed E-state index contributed by atoms with van der Waals surface area (Å²) in [5.41, 5.74) is 1.07. The van der Waals surface area contributed by atoms with E-state index in [0.29, 0.717) is 12.8 Å². The zero-order valence-electron chi connectivity index (χ0n) is 22.0. The molecule has 0 N–H and O–H groups in total. The maximum atomic E-state index is 13.9. The maximum Gasteiger partial charge on any atom is 0.278 e. The lowest BCUT2D eigenvalue weighted by atomic mass is 9.84. The van der Waals surface area contributed by atoms with Gasteiger partial charge in [0.1, 0.15) is 11.0 Å². The predicted molar refractivity (Wildman–Crippen MR) is 140 cm³/mol. The number of amides is 4. The highest BCUT2D eigenvalue weighted by Gasteiger charge is 2.42. The number of carbonyl (C=O) groups is 4. The molecule has 3 heterocycles. The Morgan fingerprint density at radius 3 is 1.37 bits per heavy atom. The summed E-state index contributed by atoms with van der Waals surface area (Å²) in [5, 5.41) is 0.534. The molecule has 0 fully saturated rings. The summed E-state index contributed by atoms with van der Waals surface area (Å²) >= 11 is 0. The van der Waals surface area contributed by atoms with Crippen LogP contribution in [0.3, 0.4) is 0 Å². The minimum atomic E-state index is -0.529. The zero-order valence-corrected chi connectivity index (χ0v) is 22.0. The second kappa shape index (κ2) is 10.00. The van der Waals surface area contributed by atoms with E-state index in [1.165, 1.54) is 24.0 Å². The fourth-order valence-corrected chi connectivity index (χ4v) is 5.34. The molecule has 4 amide bonds. The third-order valence-corrected chi connectivity index (χ3v) is 7.24.